The van der Waals surface area contributed by atoms with Gasteiger partial charge >= 0.3 is 5.97 Å². The van der Waals surface area contributed by atoms with Gasteiger partial charge in [-0.15, -0.1) is 0 Å². The molecular formula is C29H29IN2O5S. The van der Waals surface area contributed by atoms with Crippen molar-refractivity contribution < 1.29 is 19.0 Å². The maximum atomic E-state index is 13.9. The third-order valence-electron chi connectivity index (χ3n) is 5.70. The number of fused-ring (bicyclic) bond motifs is 1. The molecule has 9 heteroatoms. The molecule has 0 bridgehead atoms. The predicted octanol–water partition coefficient (Wildman–Crippen LogP) is 4.75. The monoisotopic (exact) mass is 644 g/mol. The van der Waals surface area contributed by atoms with Crippen LogP contribution in [0.4, 0.5) is 0 Å². The Kier molecular flexibility index (Phi) is 8.88. The number of para-hydroxylation sites is 1. The number of allylic oxidation sites excluding steroid dienone is 1. The van der Waals surface area contributed by atoms with Crippen molar-refractivity contribution in [2.75, 3.05) is 13.2 Å². The van der Waals surface area contributed by atoms with Gasteiger partial charge in [-0.2, -0.15) is 0 Å². The molecule has 0 spiro atoms. The molecule has 0 saturated carbocycles. The number of rotatable bonds is 9. The molecule has 198 valence electrons. The molecule has 0 saturated heterocycles. The lowest BCUT2D eigenvalue weighted by atomic mass is 9.95. The van der Waals surface area contributed by atoms with E-state index in [1.54, 1.807) is 24.5 Å². The van der Waals surface area contributed by atoms with Crippen molar-refractivity contribution in [3.63, 3.8) is 0 Å². The first kappa shape index (κ1) is 27.8. The zero-order valence-corrected chi connectivity index (χ0v) is 24.7. The number of thiazole rings is 1. The lowest BCUT2D eigenvalue weighted by Crippen LogP contribution is -2.40. The van der Waals surface area contributed by atoms with E-state index >= 15 is 0 Å². The lowest BCUT2D eigenvalue weighted by Gasteiger charge is -2.26. The Labute approximate surface area is 238 Å². The molecule has 0 aliphatic carbocycles. The van der Waals surface area contributed by atoms with Crippen LogP contribution in [-0.2, 0) is 9.53 Å². The molecule has 0 amide bonds. The maximum absolute atomic E-state index is 13.9. The Bertz CT molecular complexity index is 1580. The van der Waals surface area contributed by atoms with Gasteiger partial charge in [0.2, 0.25) is 0 Å². The summed E-state index contributed by atoms with van der Waals surface area (Å²) >= 11 is 3.49. The van der Waals surface area contributed by atoms with Crippen molar-refractivity contribution in [3.8, 4) is 11.5 Å². The van der Waals surface area contributed by atoms with Gasteiger partial charge < -0.3 is 14.2 Å². The van der Waals surface area contributed by atoms with Crippen LogP contribution in [0, 0.1) is 3.57 Å². The molecule has 0 fully saturated rings. The fraction of sp³-hybridized carbons (Fsp3) is 0.276. The molecule has 2 aromatic carbocycles. The minimum Gasteiger partial charge on any atom is -0.491 e. The number of hydrogen-bond donors (Lipinski definition) is 0. The first-order valence-electron chi connectivity index (χ1n) is 12.2. The van der Waals surface area contributed by atoms with Crippen molar-refractivity contribution in [1.29, 1.82) is 0 Å². The zero-order chi connectivity index (χ0) is 27.4. The number of aromatic nitrogens is 1. The number of hydrogen-bond acceptors (Lipinski definition) is 7. The highest BCUT2D eigenvalue weighted by atomic mass is 127. The minimum atomic E-state index is -0.739. The van der Waals surface area contributed by atoms with Crippen LogP contribution in [0.5, 0.6) is 11.5 Å². The molecule has 1 atom stereocenters. The highest BCUT2D eigenvalue weighted by Gasteiger charge is 2.35. The summed E-state index contributed by atoms with van der Waals surface area (Å²) in [4.78, 5) is 32.2. The van der Waals surface area contributed by atoms with Crippen LogP contribution in [0.15, 0.2) is 76.2 Å². The summed E-state index contributed by atoms with van der Waals surface area (Å²) in [6.45, 7) is 11.7. The summed E-state index contributed by atoms with van der Waals surface area (Å²) in [5.41, 5.74) is 2.15. The third-order valence-corrected chi connectivity index (χ3v) is 7.53. The van der Waals surface area contributed by atoms with Crippen molar-refractivity contribution in [1.82, 2.24) is 4.57 Å². The van der Waals surface area contributed by atoms with Crippen LogP contribution < -0.4 is 24.4 Å². The van der Waals surface area contributed by atoms with Gasteiger partial charge in [0.05, 0.1) is 32.1 Å². The summed E-state index contributed by atoms with van der Waals surface area (Å²) < 4.78 is 20.2. The number of esters is 1. The van der Waals surface area contributed by atoms with Crippen LogP contribution in [0.3, 0.4) is 0 Å². The molecule has 0 radical (unpaired) electrons. The molecule has 3 aromatic rings. The number of halogens is 1. The second kappa shape index (κ2) is 12.1. The molecule has 7 nitrogen and oxygen atoms in total. The number of carbonyl (C=O) groups is 1. The average Bonchev–Trinajstić information content (AvgIpc) is 3.17. The van der Waals surface area contributed by atoms with Crippen LogP contribution in [0.1, 0.15) is 44.9 Å². The molecule has 0 unspecified atom stereocenters. The van der Waals surface area contributed by atoms with Crippen molar-refractivity contribution in [2.24, 2.45) is 4.99 Å². The zero-order valence-electron chi connectivity index (χ0n) is 21.7. The quantitative estimate of drug-likeness (QED) is 0.191. The molecule has 1 aliphatic heterocycles. The standard InChI is InChI=1S/C29H29IN2O5S/c1-6-14-36-23-13-12-19(15-21(23)30)16-24-27(33)32-26(20-10-8-9-11-22(20)37-17(3)4)25(28(34)35-7-2)18(5)31-29(32)38-24/h6,8-13,15-17,26H,1,7,14H2,2-5H3/b24-16+/t26-/m0/s1. The van der Waals surface area contributed by atoms with Gasteiger partial charge in [-0.1, -0.05) is 48.3 Å². The number of ether oxygens (including phenoxy) is 3. The Morgan fingerprint density at radius 2 is 2.00 bits per heavy atom. The summed E-state index contributed by atoms with van der Waals surface area (Å²) in [6.07, 6.45) is 3.43. The van der Waals surface area contributed by atoms with E-state index in [0.717, 1.165) is 14.9 Å². The molecule has 2 heterocycles. The van der Waals surface area contributed by atoms with E-state index in [1.165, 1.54) is 11.3 Å². The predicted molar refractivity (Wildman–Crippen MR) is 157 cm³/mol. The topological polar surface area (TPSA) is 79.1 Å². The van der Waals surface area contributed by atoms with Gasteiger partial charge in [-0.05, 0) is 80.1 Å². The Morgan fingerprint density at radius 3 is 2.68 bits per heavy atom. The highest BCUT2D eigenvalue weighted by molar-refractivity contribution is 14.1. The van der Waals surface area contributed by atoms with E-state index in [2.05, 4.69) is 34.2 Å². The number of benzene rings is 2. The molecule has 1 aromatic heterocycles. The SMILES string of the molecule is C=CCOc1ccc(/C=c2/sc3n(c2=O)[C@@H](c2ccccc2OC(C)C)C(C(=O)OCC)=C(C)N=3)cc1I. The van der Waals surface area contributed by atoms with Gasteiger partial charge in [-0.3, -0.25) is 9.36 Å². The Morgan fingerprint density at radius 1 is 1.24 bits per heavy atom. The molecule has 1 aliphatic rings. The minimum absolute atomic E-state index is 0.0935. The number of nitrogens with zero attached hydrogens (tertiary/aromatic N) is 2. The Balaban J connectivity index is 1.91. The van der Waals surface area contributed by atoms with Gasteiger partial charge in [0.25, 0.3) is 5.56 Å². The molecule has 4 rings (SSSR count). The first-order valence-corrected chi connectivity index (χ1v) is 14.1. The van der Waals surface area contributed by atoms with Crippen molar-refractivity contribution >= 4 is 46.0 Å². The van der Waals surface area contributed by atoms with Crippen LogP contribution in [0.2, 0.25) is 0 Å². The smallest absolute Gasteiger partial charge is 0.338 e. The first-order chi connectivity index (χ1) is 18.2. The van der Waals surface area contributed by atoms with Crippen LogP contribution >= 0.6 is 33.9 Å². The normalized spacial score (nSPS) is 15.2. The van der Waals surface area contributed by atoms with Crippen LogP contribution in [-0.4, -0.2) is 29.9 Å². The second-order valence-electron chi connectivity index (χ2n) is 8.80. The van der Waals surface area contributed by atoms with Gasteiger partial charge in [0.15, 0.2) is 4.80 Å². The average molecular weight is 645 g/mol. The van der Waals surface area contributed by atoms with E-state index in [1.807, 2.05) is 62.4 Å². The number of carbonyl (C=O) groups excluding carboxylic acids is 1. The van der Waals surface area contributed by atoms with Crippen molar-refractivity contribution in [3.05, 3.63) is 101 Å². The van der Waals surface area contributed by atoms with E-state index < -0.39 is 12.0 Å². The summed E-state index contributed by atoms with van der Waals surface area (Å²) in [5.74, 6) is 0.848. The summed E-state index contributed by atoms with van der Waals surface area (Å²) in [5, 5.41) is 0. The third kappa shape index (κ3) is 5.78. The fourth-order valence-corrected chi connectivity index (χ4v) is 5.92. The van der Waals surface area contributed by atoms with Gasteiger partial charge in [-0.25, -0.2) is 9.79 Å². The van der Waals surface area contributed by atoms with Crippen LogP contribution in [0.25, 0.3) is 6.08 Å². The summed E-state index contributed by atoms with van der Waals surface area (Å²) in [6, 6.07) is 12.5. The summed E-state index contributed by atoms with van der Waals surface area (Å²) in [7, 11) is 0. The van der Waals surface area contributed by atoms with Crippen molar-refractivity contribution in [2.45, 2.75) is 39.8 Å². The fourth-order valence-electron chi connectivity index (χ4n) is 4.18. The van der Waals surface area contributed by atoms with E-state index in [-0.39, 0.29) is 18.3 Å². The Hall–Kier alpha value is -3.18. The second-order valence-corrected chi connectivity index (χ2v) is 11.0. The van der Waals surface area contributed by atoms with E-state index in [0.29, 0.717) is 38.5 Å². The molecule has 0 N–H and O–H groups in total. The molecular weight excluding hydrogens is 615 g/mol. The lowest BCUT2D eigenvalue weighted by molar-refractivity contribution is -0.139. The largest absolute Gasteiger partial charge is 0.491 e. The van der Waals surface area contributed by atoms with E-state index in [9.17, 15) is 9.59 Å². The highest BCUT2D eigenvalue weighted by Crippen LogP contribution is 2.36. The van der Waals surface area contributed by atoms with Gasteiger partial charge in [0.1, 0.15) is 24.1 Å². The maximum Gasteiger partial charge on any atom is 0.338 e. The van der Waals surface area contributed by atoms with Gasteiger partial charge in [0, 0.05) is 5.56 Å². The van der Waals surface area contributed by atoms with E-state index in [4.69, 9.17) is 14.2 Å². The molecule has 38 heavy (non-hydrogen) atoms.